The van der Waals surface area contributed by atoms with Crippen molar-refractivity contribution in [2.75, 3.05) is 33.2 Å². The summed E-state index contributed by atoms with van der Waals surface area (Å²) in [6.45, 7) is 4.80. The average molecular weight is 311 g/mol. The predicted molar refractivity (Wildman–Crippen MR) is 85.5 cm³/mol. The zero-order valence-corrected chi connectivity index (χ0v) is 13.6. The highest BCUT2D eigenvalue weighted by molar-refractivity contribution is 7.10. The van der Waals surface area contributed by atoms with Gasteiger partial charge in [0.25, 0.3) is 0 Å². The molecule has 21 heavy (non-hydrogen) atoms. The summed E-state index contributed by atoms with van der Waals surface area (Å²) in [6.07, 6.45) is 2.36. The summed E-state index contributed by atoms with van der Waals surface area (Å²) in [7, 11) is 2.12. The van der Waals surface area contributed by atoms with Gasteiger partial charge in [-0.15, -0.1) is 11.3 Å². The molecule has 2 atom stereocenters. The Morgan fingerprint density at radius 1 is 1.57 bits per heavy atom. The molecule has 3 N–H and O–H groups in total. The first-order valence-corrected chi connectivity index (χ1v) is 8.32. The lowest BCUT2D eigenvalue weighted by atomic mass is 9.99. The van der Waals surface area contributed by atoms with Gasteiger partial charge in [0.15, 0.2) is 0 Å². The lowest BCUT2D eigenvalue weighted by molar-refractivity contribution is 0.0630. The van der Waals surface area contributed by atoms with Crippen molar-refractivity contribution in [1.82, 2.24) is 15.5 Å². The first-order chi connectivity index (χ1) is 9.97. The highest BCUT2D eigenvalue weighted by atomic mass is 32.1. The number of thiophene rings is 1. The van der Waals surface area contributed by atoms with Gasteiger partial charge < -0.3 is 20.6 Å². The minimum atomic E-state index is -1.02. The van der Waals surface area contributed by atoms with Crippen molar-refractivity contribution in [3.63, 3.8) is 0 Å². The molecular formula is C15H25N3O2S. The van der Waals surface area contributed by atoms with Crippen LogP contribution in [-0.4, -0.2) is 49.3 Å². The van der Waals surface area contributed by atoms with Gasteiger partial charge in [-0.3, -0.25) is 0 Å². The zero-order chi connectivity index (χ0) is 15.3. The van der Waals surface area contributed by atoms with Crippen molar-refractivity contribution in [2.45, 2.75) is 25.4 Å². The van der Waals surface area contributed by atoms with Crippen LogP contribution in [0.5, 0.6) is 0 Å². The number of likely N-dealkylation sites (tertiary alicyclic amines) is 1. The Balaban J connectivity index is 1.70. The van der Waals surface area contributed by atoms with Crippen molar-refractivity contribution in [2.24, 2.45) is 5.92 Å². The summed E-state index contributed by atoms with van der Waals surface area (Å²) in [4.78, 5) is 15.0. The normalized spacial score (nSPS) is 22.5. The van der Waals surface area contributed by atoms with E-state index in [9.17, 15) is 9.90 Å². The second kappa shape index (κ2) is 7.24. The number of carbonyl (C=O) groups is 1. The van der Waals surface area contributed by atoms with Gasteiger partial charge in [-0.2, -0.15) is 0 Å². The third-order valence-electron chi connectivity index (χ3n) is 3.92. The predicted octanol–water partition coefficient (Wildman–Crippen LogP) is 1.60. The lowest BCUT2D eigenvalue weighted by Crippen LogP contribution is -2.46. The van der Waals surface area contributed by atoms with E-state index in [1.165, 1.54) is 17.8 Å². The Morgan fingerprint density at radius 2 is 2.38 bits per heavy atom. The molecule has 1 saturated heterocycles. The van der Waals surface area contributed by atoms with Crippen LogP contribution in [0.4, 0.5) is 4.79 Å². The molecule has 1 aromatic rings. The van der Waals surface area contributed by atoms with Crippen LogP contribution in [0.2, 0.25) is 0 Å². The number of urea groups is 1. The maximum atomic E-state index is 11.8. The van der Waals surface area contributed by atoms with Gasteiger partial charge in [-0.1, -0.05) is 6.07 Å². The van der Waals surface area contributed by atoms with E-state index in [-0.39, 0.29) is 12.6 Å². The molecule has 2 rings (SSSR count). The van der Waals surface area contributed by atoms with Gasteiger partial charge in [0, 0.05) is 18.0 Å². The van der Waals surface area contributed by atoms with Gasteiger partial charge in [0.05, 0.1) is 6.54 Å². The maximum Gasteiger partial charge on any atom is 0.314 e. The number of amides is 2. The third kappa shape index (κ3) is 4.98. The summed E-state index contributed by atoms with van der Waals surface area (Å²) in [6, 6.07) is 3.57. The first kappa shape index (κ1) is 16.3. The molecule has 6 heteroatoms. The third-order valence-corrected chi connectivity index (χ3v) is 5.04. The van der Waals surface area contributed by atoms with Gasteiger partial charge in [0.1, 0.15) is 5.60 Å². The van der Waals surface area contributed by atoms with E-state index in [1.807, 2.05) is 17.5 Å². The quantitative estimate of drug-likeness (QED) is 0.774. The van der Waals surface area contributed by atoms with E-state index >= 15 is 0 Å². The van der Waals surface area contributed by atoms with E-state index in [0.717, 1.165) is 24.4 Å². The lowest BCUT2D eigenvalue weighted by Gasteiger charge is -2.30. The molecule has 2 amide bonds. The molecule has 5 nitrogen and oxygen atoms in total. The summed E-state index contributed by atoms with van der Waals surface area (Å²) in [5.74, 6) is 0.521. The molecule has 0 radical (unpaired) electrons. The van der Waals surface area contributed by atoms with Gasteiger partial charge in [0.2, 0.25) is 0 Å². The molecule has 2 heterocycles. The molecule has 0 spiro atoms. The number of nitrogens with zero attached hydrogens (tertiary/aromatic N) is 1. The number of piperidine rings is 1. The summed E-state index contributed by atoms with van der Waals surface area (Å²) < 4.78 is 0. The Hall–Kier alpha value is -1.11. The molecular weight excluding hydrogens is 286 g/mol. The minimum Gasteiger partial charge on any atom is -0.383 e. The highest BCUT2D eigenvalue weighted by Gasteiger charge is 2.25. The molecule has 0 aliphatic carbocycles. The van der Waals surface area contributed by atoms with E-state index in [0.29, 0.717) is 12.5 Å². The average Bonchev–Trinajstić information content (AvgIpc) is 2.98. The van der Waals surface area contributed by atoms with Crippen molar-refractivity contribution >= 4 is 17.4 Å². The van der Waals surface area contributed by atoms with Crippen LogP contribution in [0.1, 0.15) is 24.6 Å². The van der Waals surface area contributed by atoms with E-state index in [4.69, 9.17) is 0 Å². The fourth-order valence-electron chi connectivity index (χ4n) is 2.66. The minimum absolute atomic E-state index is 0.208. The molecule has 0 aromatic carbocycles. The van der Waals surface area contributed by atoms with Gasteiger partial charge >= 0.3 is 6.03 Å². The standard InChI is InChI=1S/C15H25N3O2S/c1-15(20,13-6-4-8-21-13)11-17-14(19)16-9-12-5-3-7-18(2)10-12/h4,6,8,12,20H,3,5,7,9-11H2,1-2H3,(H2,16,17,19). The number of rotatable bonds is 5. The SMILES string of the molecule is CN1CCCC(CNC(=O)NCC(C)(O)c2cccs2)C1. The van der Waals surface area contributed by atoms with Gasteiger partial charge in [-0.25, -0.2) is 4.79 Å². The van der Waals surface area contributed by atoms with Crippen LogP contribution >= 0.6 is 11.3 Å². The molecule has 2 unspecified atom stereocenters. The van der Waals surface area contributed by atoms with Crippen molar-refractivity contribution in [3.8, 4) is 0 Å². The molecule has 0 bridgehead atoms. The van der Waals surface area contributed by atoms with Crippen LogP contribution in [0.15, 0.2) is 17.5 Å². The molecule has 118 valence electrons. The van der Waals surface area contributed by atoms with E-state index in [2.05, 4.69) is 22.6 Å². The van der Waals surface area contributed by atoms with Crippen LogP contribution in [0, 0.1) is 5.92 Å². The number of nitrogens with one attached hydrogen (secondary N) is 2. The van der Waals surface area contributed by atoms with Crippen molar-refractivity contribution < 1.29 is 9.90 Å². The summed E-state index contributed by atoms with van der Waals surface area (Å²) in [5.41, 5.74) is -1.02. The molecule has 1 aromatic heterocycles. The fraction of sp³-hybridized carbons (Fsp3) is 0.667. The summed E-state index contributed by atoms with van der Waals surface area (Å²) >= 11 is 1.49. The van der Waals surface area contributed by atoms with E-state index in [1.54, 1.807) is 6.92 Å². The van der Waals surface area contributed by atoms with Crippen molar-refractivity contribution in [1.29, 1.82) is 0 Å². The topological polar surface area (TPSA) is 64.6 Å². The molecule has 1 aliphatic rings. The maximum absolute atomic E-state index is 11.8. The number of carbonyl (C=O) groups excluding carboxylic acids is 1. The smallest absolute Gasteiger partial charge is 0.314 e. The van der Waals surface area contributed by atoms with Crippen LogP contribution < -0.4 is 10.6 Å². The van der Waals surface area contributed by atoms with Crippen molar-refractivity contribution in [3.05, 3.63) is 22.4 Å². The number of aliphatic hydroxyl groups is 1. The monoisotopic (exact) mass is 311 g/mol. The fourth-order valence-corrected chi connectivity index (χ4v) is 3.45. The number of hydrogen-bond donors (Lipinski definition) is 3. The Morgan fingerprint density at radius 3 is 3.05 bits per heavy atom. The Bertz CT molecular complexity index is 448. The molecule has 0 saturated carbocycles. The second-order valence-corrected chi connectivity index (χ2v) is 7.03. The van der Waals surface area contributed by atoms with E-state index < -0.39 is 5.60 Å². The van der Waals surface area contributed by atoms with Gasteiger partial charge in [-0.05, 0) is 50.7 Å². The Kier molecular flexibility index (Phi) is 5.61. The Labute approximate surface area is 130 Å². The largest absolute Gasteiger partial charge is 0.383 e. The van der Waals surface area contributed by atoms with Crippen LogP contribution in [0.3, 0.4) is 0 Å². The number of hydrogen-bond acceptors (Lipinski definition) is 4. The second-order valence-electron chi connectivity index (χ2n) is 6.09. The molecule has 1 fully saturated rings. The summed E-state index contributed by atoms with van der Waals surface area (Å²) in [5, 5.41) is 17.9. The first-order valence-electron chi connectivity index (χ1n) is 7.44. The zero-order valence-electron chi connectivity index (χ0n) is 12.8. The molecule has 1 aliphatic heterocycles. The van der Waals surface area contributed by atoms with Crippen LogP contribution in [0.25, 0.3) is 0 Å². The highest BCUT2D eigenvalue weighted by Crippen LogP contribution is 2.24. The van der Waals surface area contributed by atoms with Crippen LogP contribution in [-0.2, 0) is 5.60 Å².